The Morgan fingerprint density at radius 1 is 1.19 bits per heavy atom. The van der Waals surface area contributed by atoms with Gasteiger partial charge >= 0.3 is 0 Å². The number of para-hydroxylation sites is 1. The summed E-state index contributed by atoms with van der Waals surface area (Å²) < 4.78 is 7.98. The van der Waals surface area contributed by atoms with Crippen LogP contribution < -0.4 is 15.0 Å². The van der Waals surface area contributed by atoms with Crippen molar-refractivity contribution >= 4 is 40.0 Å². The van der Waals surface area contributed by atoms with Crippen LogP contribution in [-0.4, -0.2) is 29.2 Å². The maximum atomic E-state index is 8.73. The molecule has 2 aromatic carbocycles. The molecule has 0 spiro atoms. The van der Waals surface area contributed by atoms with Crippen molar-refractivity contribution < 1.29 is 4.74 Å². The molecule has 0 fully saturated rings. The molecule has 7 heteroatoms. The Balaban J connectivity index is 1.94. The number of aromatic nitrogens is 2. The van der Waals surface area contributed by atoms with E-state index in [1.54, 1.807) is 6.07 Å². The molecule has 31 heavy (non-hydrogen) atoms. The minimum Gasteiger partial charge on any atom is -0.491 e. The van der Waals surface area contributed by atoms with Crippen molar-refractivity contribution in [3.63, 3.8) is 0 Å². The van der Waals surface area contributed by atoms with Gasteiger partial charge in [-0.25, -0.2) is 4.98 Å². The minimum atomic E-state index is 0.457. The largest absolute Gasteiger partial charge is 0.491 e. The van der Waals surface area contributed by atoms with E-state index in [1.165, 1.54) is 5.69 Å². The fourth-order valence-corrected chi connectivity index (χ4v) is 3.84. The van der Waals surface area contributed by atoms with Gasteiger partial charge < -0.3 is 19.5 Å². The Hall–Kier alpha value is -2.91. The normalized spacial score (nSPS) is 10.8. The molecule has 0 saturated heterocycles. The number of fused-ring (bicyclic) bond motifs is 1. The van der Waals surface area contributed by atoms with Gasteiger partial charge in [-0.1, -0.05) is 31.5 Å². The molecule has 0 saturated carbocycles. The van der Waals surface area contributed by atoms with E-state index in [0.717, 1.165) is 48.6 Å². The molecular formula is C24H30ClN5O. The molecule has 0 unspecified atom stereocenters. The van der Waals surface area contributed by atoms with Gasteiger partial charge in [0.15, 0.2) is 0 Å². The molecule has 0 radical (unpaired) electrons. The summed E-state index contributed by atoms with van der Waals surface area (Å²) in [4.78, 5) is 7.27. The van der Waals surface area contributed by atoms with Gasteiger partial charge in [0.25, 0.3) is 0 Å². The summed E-state index contributed by atoms with van der Waals surface area (Å²) in [5.74, 6) is 1.39. The van der Waals surface area contributed by atoms with Gasteiger partial charge in [-0.3, -0.25) is 0 Å². The number of imidazole rings is 1. The van der Waals surface area contributed by atoms with Gasteiger partial charge in [0, 0.05) is 37.6 Å². The molecular weight excluding hydrogens is 410 g/mol. The first-order chi connectivity index (χ1) is 15.1. The number of aryl methyl sites for hydroxylation is 1. The first-order valence-corrected chi connectivity index (χ1v) is 11.2. The molecule has 0 aliphatic rings. The second-order valence-corrected chi connectivity index (χ2v) is 7.94. The van der Waals surface area contributed by atoms with Crippen molar-refractivity contribution in [3.05, 3.63) is 41.4 Å². The molecule has 3 aromatic rings. The van der Waals surface area contributed by atoms with Crippen molar-refractivity contribution in [1.29, 1.82) is 5.26 Å². The Morgan fingerprint density at radius 2 is 1.97 bits per heavy atom. The van der Waals surface area contributed by atoms with Gasteiger partial charge in [-0.05, 0) is 43.5 Å². The summed E-state index contributed by atoms with van der Waals surface area (Å²) in [6.45, 7) is 6.89. The summed E-state index contributed by atoms with van der Waals surface area (Å²) in [5, 5.41) is 12.7. The molecule has 0 atom stereocenters. The van der Waals surface area contributed by atoms with Crippen molar-refractivity contribution in [2.75, 3.05) is 29.9 Å². The SMILES string of the molecule is CCCN(CCC)c1cccc2nc(Nc3ccc(Cl)cc3OCCCC#N)n(C)c12. The highest BCUT2D eigenvalue weighted by Crippen LogP contribution is 2.34. The van der Waals surface area contributed by atoms with Crippen molar-refractivity contribution in [2.24, 2.45) is 7.05 Å². The molecule has 0 bridgehead atoms. The molecule has 3 rings (SSSR count). The number of ether oxygens (including phenoxy) is 1. The third kappa shape index (κ3) is 5.42. The average molecular weight is 440 g/mol. The van der Waals surface area contributed by atoms with E-state index in [9.17, 15) is 0 Å². The summed E-state index contributed by atoms with van der Waals surface area (Å²) >= 11 is 6.18. The molecule has 6 nitrogen and oxygen atoms in total. The molecule has 0 aliphatic heterocycles. The van der Waals surface area contributed by atoms with Crippen LogP contribution in [0.5, 0.6) is 5.75 Å². The van der Waals surface area contributed by atoms with Gasteiger partial charge in [-0.15, -0.1) is 0 Å². The fourth-order valence-electron chi connectivity index (χ4n) is 3.68. The predicted octanol–water partition coefficient (Wildman–Crippen LogP) is 6.28. The third-order valence-electron chi connectivity index (χ3n) is 5.08. The van der Waals surface area contributed by atoms with Crippen LogP contribution in [0.1, 0.15) is 39.5 Å². The topological polar surface area (TPSA) is 66.1 Å². The van der Waals surface area contributed by atoms with Crippen LogP contribution in [0.3, 0.4) is 0 Å². The lowest BCUT2D eigenvalue weighted by Gasteiger charge is -2.25. The fraction of sp³-hybridized carbons (Fsp3) is 0.417. The Labute approximate surface area is 189 Å². The number of anilines is 3. The highest BCUT2D eigenvalue weighted by atomic mass is 35.5. The van der Waals surface area contributed by atoms with E-state index < -0.39 is 0 Å². The molecule has 1 heterocycles. The standard InChI is InChI=1S/C24H30ClN5O/c1-4-14-30(15-5-2)21-10-8-9-20-23(21)29(3)24(28-20)27-19-12-11-18(25)17-22(19)31-16-7-6-13-26/h8-12,17H,4-7,14-16H2,1-3H3,(H,27,28). The maximum Gasteiger partial charge on any atom is 0.208 e. The number of benzene rings is 2. The smallest absolute Gasteiger partial charge is 0.208 e. The molecule has 0 amide bonds. The third-order valence-corrected chi connectivity index (χ3v) is 5.32. The second-order valence-electron chi connectivity index (χ2n) is 7.50. The van der Waals surface area contributed by atoms with Crippen molar-refractivity contribution in [1.82, 2.24) is 9.55 Å². The number of halogens is 1. The number of nitriles is 1. The average Bonchev–Trinajstić information content (AvgIpc) is 3.08. The highest BCUT2D eigenvalue weighted by Gasteiger charge is 2.17. The molecule has 1 N–H and O–H groups in total. The van der Waals surface area contributed by atoms with E-state index in [2.05, 4.69) is 46.8 Å². The Morgan fingerprint density at radius 3 is 2.68 bits per heavy atom. The molecule has 1 aromatic heterocycles. The predicted molar refractivity (Wildman–Crippen MR) is 129 cm³/mol. The highest BCUT2D eigenvalue weighted by molar-refractivity contribution is 6.30. The van der Waals surface area contributed by atoms with E-state index in [0.29, 0.717) is 30.2 Å². The van der Waals surface area contributed by atoms with E-state index in [1.807, 2.05) is 25.2 Å². The monoisotopic (exact) mass is 439 g/mol. The van der Waals surface area contributed by atoms with Crippen molar-refractivity contribution in [3.8, 4) is 11.8 Å². The number of nitrogens with zero attached hydrogens (tertiary/aromatic N) is 4. The number of unbranched alkanes of at least 4 members (excludes halogenated alkanes) is 1. The van der Waals surface area contributed by atoms with E-state index >= 15 is 0 Å². The zero-order valence-electron chi connectivity index (χ0n) is 18.5. The lowest BCUT2D eigenvalue weighted by Crippen LogP contribution is -2.25. The van der Waals surface area contributed by atoms with Gasteiger partial charge in [-0.2, -0.15) is 5.26 Å². The zero-order chi connectivity index (χ0) is 22.2. The number of rotatable bonds is 11. The summed E-state index contributed by atoms with van der Waals surface area (Å²) in [6.07, 6.45) is 3.32. The van der Waals surface area contributed by atoms with E-state index in [4.69, 9.17) is 26.6 Å². The van der Waals surface area contributed by atoms with Crippen LogP contribution >= 0.6 is 11.6 Å². The van der Waals surface area contributed by atoms with Crippen LogP contribution in [0.25, 0.3) is 11.0 Å². The summed E-state index contributed by atoms with van der Waals surface area (Å²) in [6, 6.07) is 13.9. The van der Waals surface area contributed by atoms with Crippen LogP contribution in [-0.2, 0) is 7.05 Å². The maximum absolute atomic E-state index is 8.73. The van der Waals surface area contributed by atoms with Gasteiger partial charge in [0.05, 0.1) is 35.1 Å². The Kier molecular flexibility index (Phi) is 8.02. The number of hydrogen-bond donors (Lipinski definition) is 1. The van der Waals surface area contributed by atoms with Crippen LogP contribution in [0.4, 0.5) is 17.3 Å². The quantitative estimate of drug-likeness (QED) is 0.356. The molecule has 0 aliphatic carbocycles. The van der Waals surface area contributed by atoms with Crippen LogP contribution in [0, 0.1) is 11.3 Å². The lowest BCUT2D eigenvalue weighted by atomic mass is 10.2. The van der Waals surface area contributed by atoms with Crippen LogP contribution in [0.2, 0.25) is 5.02 Å². The van der Waals surface area contributed by atoms with E-state index in [-0.39, 0.29) is 0 Å². The molecule has 164 valence electrons. The summed E-state index contributed by atoms with van der Waals surface area (Å²) in [5.41, 5.74) is 4.05. The number of nitrogens with one attached hydrogen (secondary N) is 1. The second kappa shape index (κ2) is 10.9. The zero-order valence-corrected chi connectivity index (χ0v) is 19.2. The lowest BCUT2D eigenvalue weighted by molar-refractivity contribution is 0.314. The first-order valence-electron chi connectivity index (χ1n) is 10.9. The minimum absolute atomic E-state index is 0.457. The van der Waals surface area contributed by atoms with Gasteiger partial charge in [0.1, 0.15) is 5.75 Å². The Bertz CT molecular complexity index is 1050. The summed E-state index contributed by atoms with van der Waals surface area (Å²) in [7, 11) is 2.03. The van der Waals surface area contributed by atoms with Crippen molar-refractivity contribution in [2.45, 2.75) is 39.5 Å². The van der Waals surface area contributed by atoms with Gasteiger partial charge in [0.2, 0.25) is 5.95 Å². The number of hydrogen-bond acceptors (Lipinski definition) is 5. The first kappa shape index (κ1) is 22.8. The van der Waals surface area contributed by atoms with Crippen LogP contribution in [0.15, 0.2) is 36.4 Å².